The summed E-state index contributed by atoms with van der Waals surface area (Å²) in [7, 11) is 0. The topological polar surface area (TPSA) is 113 Å². The van der Waals surface area contributed by atoms with E-state index in [2.05, 4.69) is 5.32 Å². The number of carbonyl (C=O) groups excluding carboxylic acids is 2. The summed E-state index contributed by atoms with van der Waals surface area (Å²) in [5, 5.41) is 11.7. The van der Waals surface area contributed by atoms with E-state index in [1.807, 2.05) is 13.8 Å². The van der Waals surface area contributed by atoms with Crippen LogP contribution in [0.1, 0.15) is 33.6 Å². The molecule has 1 aliphatic heterocycles. The summed E-state index contributed by atoms with van der Waals surface area (Å²) in [4.78, 5) is 36.5. The normalized spacial score (nSPS) is 23.8. The standard InChI is InChI=1S/C14H25N3O4/c1-9(2)11(15)12(19)16-7-10(18)17-6-4-5-14(3,8-17)13(20)21/h9,11H,4-8,15H2,1-3H3,(H,16,19)(H,20,21)/t11-,14?/m0/s1. The monoisotopic (exact) mass is 299 g/mol. The fourth-order valence-electron chi connectivity index (χ4n) is 2.32. The Morgan fingerprint density at radius 1 is 1.38 bits per heavy atom. The summed E-state index contributed by atoms with van der Waals surface area (Å²) in [5.41, 5.74) is 4.78. The highest BCUT2D eigenvalue weighted by molar-refractivity contribution is 5.88. The van der Waals surface area contributed by atoms with Gasteiger partial charge in [0, 0.05) is 13.1 Å². The van der Waals surface area contributed by atoms with Crippen molar-refractivity contribution in [2.45, 2.75) is 39.7 Å². The van der Waals surface area contributed by atoms with E-state index in [1.54, 1.807) is 6.92 Å². The molecule has 7 heteroatoms. The van der Waals surface area contributed by atoms with Crippen molar-refractivity contribution < 1.29 is 19.5 Å². The summed E-state index contributed by atoms with van der Waals surface area (Å²) in [6.07, 6.45) is 1.20. The van der Waals surface area contributed by atoms with Crippen LogP contribution in [0.2, 0.25) is 0 Å². The molecule has 1 aliphatic rings. The van der Waals surface area contributed by atoms with Crippen LogP contribution in [0, 0.1) is 11.3 Å². The molecule has 0 bridgehead atoms. The van der Waals surface area contributed by atoms with E-state index in [0.717, 1.165) is 0 Å². The highest BCUT2D eigenvalue weighted by Gasteiger charge is 2.39. The first-order valence-electron chi connectivity index (χ1n) is 7.22. The van der Waals surface area contributed by atoms with Gasteiger partial charge in [0.05, 0.1) is 18.0 Å². The van der Waals surface area contributed by atoms with Crippen molar-refractivity contribution in [3.05, 3.63) is 0 Å². The van der Waals surface area contributed by atoms with Crippen LogP contribution in [0.15, 0.2) is 0 Å². The van der Waals surface area contributed by atoms with Crippen molar-refractivity contribution in [2.24, 2.45) is 17.1 Å². The first kappa shape index (κ1) is 17.4. The quantitative estimate of drug-likeness (QED) is 0.650. The maximum absolute atomic E-state index is 12.1. The minimum atomic E-state index is -0.910. The predicted molar refractivity (Wildman–Crippen MR) is 77.4 cm³/mol. The van der Waals surface area contributed by atoms with Crippen molar-refractivity contribution in [3.63, 3.8) is 0 Å². The average Bonchev–Trinajstić information content (AvgIpc) is 2.43. The summed E-state index contributed by atoms with van der Waals surface area (Å²) in [6.45, 7) is 5.85. The number of piperidine rings is 1. The Kier molecular flexibility index (Phi) is 5.71. The maximum atomic E-state index is 12.1. The first-order valence-corrected chi connectivity index (χ1v) is 7.22. The third kappa shape index (κ3) is 4.42. The summed E-state index contributed by atoms with van der Waals surface area (Å²) < 4.78 is 0. The Labute approximate surface area is 124 Å². The number of nitrogens with zero attached hydrogens (tertiary/aromatic N) is 1. The van der Waals surface area contributed by atoms with Gasteiger partial charge in [0.25, 0.3) is 0 Å². The second kappa shape index (κ2) is 6.89. The second-order valence-electron chi connectivity index (χ2n) is 6.27. The van der Waals surface area contributed by atoms with E-state index in [1.165, 1.54) is 4.90 Å². The van der Waals surface area contributed by atoms with Crippen LogP contribution in [0.5, 0.6) is 0 Å². The van der Waals surface area contributed by atoms with Gasteiger partial charge in [-0.1, -0.05) is 13.8 Å². The Morgan fingerprint density at radius 3 is 2.52 bits per heavy atom. The maximum Gasteiger partial charge on any atom is 0.311 e. The lowest BCUT2D eigenvalue weighted by atomic mass is 9.82. The molecule has 0 aromatic rings. The number of carboxylic acids is 1. The zero-order valence-electron chi connectivity index (χ0n) is 12.9. The molecule has 0 aromatic carbocycles. The van der Waals surface area contributed by atoms with E-state index in [4.69, 9.17) is 5.73 Å². The number of amides is 2. The van der Waals surface area contributed by atoms with Crippen molar-refractivity contribution in [1.29, 1.82) is 0 Å². The van der Waals surface area contributed by atoms with Gasteiger partial charge in [0.2, 0.25) is 11.8 Å². The summed E-state index contributed by atoms with van der Waals surface area (Å²) in [5.74, 6) is -1.54. The number of likely N-dealkylation sites (tertiary alicyclic amines) is 1. The second-order valence-corrected chi connectivity index (χ2v) is 6.27. The van der Waals surface area contributed by atoms with Gasteiger partial charge in [-0.3, -0.25) is 14.4 Å². The number of hydrogen-bond donors (Lipinski definition) is 3. The van der Waals surface area contributed by atoms with Crippen LogP contribution in [-0.2, 0) is 14.4 Å². The molecule has 2 amide bonds. The third-order valence-corrected chi connectivity index (χ3v) is 4.00. The SMILES string of the molecule is CC(C)[C@H](N)C(=O)NCC(=O)N1CCCC(C)(C(=O)O)C1. The van der Waals surface area contributed by atoms with Gasteiger partial charge in [-0.25, -0.2) is 0 Å². The summed E-state index contributed by atoms with van der Waals surface area (Å²) in [6, 6.07) is -0.650. The molecule has 0 spiro atoms. The van der Waals surface area contributed by atoms with Crippen LogP contribution in [0.4, 0.5) is 0 Å². The minimum absolute atomic E-state index is 0.00890. The fourth-order valence-corrected chi connectivity index (χ4v) is 2.32. The number of hydrogen-bond acceptors (Lipinski definition) is 4. The molecule has 0 saturated carbocycles. The van der Waals surface area contributed by atoms with Crippen LogP contribution < -0.4 is 11.1 Å². The zero-order chi connectivity index (χ0) is 16.2. The Balaban J connectivity index is 2.53. The van der Waals surface area contributed by atoms with E-state index in [9.17, 15) is 19.5 Å². The molecule has 7 nitrogen and oxygen atoms in total. The molecule has 120 valence electrons. The molecule has 2 atom stereocenters. The Bertz CT molecular complexity index is 424. The van der Waals surface area contributed by atoms with E-state index < -0.39 is 17.4 Å². The number of nitrogens with one attached hydrogen (secondary N) is 1. The molecule has 1 unspecified atom stereocenters. The molecule has 1 saturated heterocycles. The van der Waals surface area contributed by atoms with Gasteiger partial charge in [-0.2, -0.15) is 0 Å². The molecular formula is C14H25N3O4. The average molecular weight is 299 g/mol. The highest BCUT2D eigenvalue weighted by Crippen LogP contribution is 2.29. The lowest BCUT2D eigenvalue weighted by Gasteiger charge is -2.37. The fraction of sp³-hybridized carbons (Fsp3) is 0.786. The largest absolute Gasteiger partial charge is 0.481 e. The number of aliphatic carboxylic acids is 1. The van der Waals surface area contributed by atoms with E-state index in [0.29, 0.717) is 19.4 Å². The molecule has 0 aliphatic carbocycles. The van der Waals surface area contributed by atoms with Crippen molar-refractivity contribution in [2.75, 3.05) is 19.6 Å². The highest BCUT2D eigenvalue weighted by atomic mass is 16.4. The molecule has 1 fully saturated rings. The molecule has 0 aromatic heterocycles. The zero-order valence-corrected chi connectivity index (χ0v) is 12.9. The number of carbonyl (C=O) groups is 3. The van der Waals surface area contributed by atoms with E-state index >= 15 is 0 Å². The molecule has 21 heavy (non-hydrogen) atoms. The molecule has 4 N–H and O–H groups in total. The van der Waals surface area contributed by atoms with Crippen LogP contribution >= 0.6 is 0 Å². The number of carboxylic acid groups (broad SMARTS) is 1. The smallest absolute Gasteiger partial charge is 0.311 e. The third-order valence-electron chi connectivity index (χ3n) is 4.00. The Hall–Kier alpha value is -1.63. The van der Waals surface area contributed by atoms with Crippen molar-refractivity contribution >= 4 is 17.8 Å². The predicted octanol–water partition coefficient (Wildman–Crippen LogP) is -0.201. The van der Waals surface area contributed by atoms with Crippen LogP contribution in [-0.4, -0.2) is 53.5 Å². The number of nitrogens with two attached hydrogens (primary N) is 1. The Morgan fingerprint density at radius 2 is 2.00 bits per heavy atom. The van der Waals surface area contributed by atoms with Crippen molar-refractivity contribution in [3.8, 4) is 0 Å². The summed E-state index contributed by atoms with van der Waals surface area (Å²) >= 11 is 0. The van der Waals surface area contributed by atoms with Gasteiger partial charge in [0.15, 0.2) is 0 Å². The van der Waals surface area contributed by atoms with Gasteiger partial charge in [-0.05, 0) is 25.7 Å². The minimum Gasteiger partial charge on any atom is -0.481 e. The molecule has 1 heterocycles. The van der Waals surface area contributed by atoms with E-state index in [-0.39, 0.29) is 30.8 Å². The number of rotatable bonds is 5. The van der Waals surface area contributed by atoms with Gasteiger partial charge in [-0.15, -0.1) is 0 Å². The van der Waals surface area contributed by atoms with Gasteiger partial charge >= 0.3 is 5.97 Å². The lowest BCUT2D eigenvalue weighted by Crippen LogP contribution is -2.52. The molecule has 1 rings (SSSR count). The van der Waals surface area contributed by atoms with Crippen LogP contribution in [0.25, 0.3) is 0 Å². The van der Waals surface area contributed by atoms with Crippen molar-refractivity contribution in [1.82, 2.24) is 10.2 Å². The van der Waals surface area contributed by atoms with Gasteiger partial charge < -0.3 is 21.1 Å². The van der Waals surface area contributed by atoms with Crippen LogP contribution in [0.3, 0.4) is 0 Å². The molecule has 0 radical (unpaired) electrons. The van der Waals surface area contributed by atoms with Gasteiger partial charge in [0.1, 0.15) is 0 Å². The lowest BCUT2D eigenvalue weighted by molar-refractivity contribution is -0.153. The first-order chi connectivity index (χ1) is 9.67. The molecular weight excluding hydrogens is 274 g/mol.